The van der Waals surface area contributed by atoms with Gasteiger partial charge in [-0.3, -0.25) is 4.79 Å². The van der Waals surface area contributed by atoms with E-state index in [1.54, 1.807) is 23.1 Å². The number of anilines is 1. The van der Waals surface area contributed by atoms with E-state index in [9.17, 15) is 18.0 Å². The molecule has 0 saturated carbocycles. The van der Waals surface area contributed by atoms with E-state index < -0.39 is 12.0 Å². The van der Waals surface area contributed by atoms with Crippen molar-refractivity contribution in [1.82, 2.24) is 14.5 Å². The van der Waals surface area contributed by atoms with Crippen LogP contribution in [0.25, 0.3) is 11.0 Å². The van der Waals surface area contributed by atoms with Crippen molar-refractivity contribution in [3.05, 3.63) is 54.6 Å². The third-order valence-corrected chi connectivity index (χ3v) is 4.90. The highest BCUT2D eigenvalue weighted by Gasteiger charge is 2.38. The summed E-state index contributed by atoms with van der Waals surface area (Å²) >= 11 is 0. The van der Waals surface area contributed by atoms with Crippen molar-refractivity contribution in [2.45, 2.75) is 12.7 Å². The van der Waals surface area contributed by atoms with Crippen molar-refractivity contribution in [2.24, 2.45) is 0 Å². The number of hydrogen-bond acceptors (Lipinski definition) is 3. The molecule has 0 unspecified atom stereocenters. The number of carbonyl (C=O) groups excluding carboxylic acids is 1. The Hall–Kier alpha value is -3.10. The zero-order chi connectivity index (χ0) is 19.7. The van der Waals surface area contributed by atoms with Crippen LogP contribution >= 0.6 is 0 Å². The molecule has 4 rings (SSSR count). The van der Waals surface area contributed by atoms with Crippen LogP contribution in [0.5, 0.6) is 0 Å². The Bertz CT molecular complexity index is 978. The quantitative estimate of drug-likeness (QED) is 0.689. The van der Waals surface area contributed by atoms with E-state index in [1.807, 2.05) is 24.5 Å². The van der Waals surface area contributed by atoms with Crippen molar-refractivity contribution in [3.8, 4) is 0 Å². The number of hydrogen-bond donors (Lipinski definition) is 0. The molecule has 0 spiro atoms. The van der Waals surface area contributed by atoms with Gasteiger partial charge in [0.2, 0.25) is 11.7 Å². The molecule has 1 aliphatic heterocycles. The summed E-state index contributed by atoms with van der Waals surface area (Å²) in [5.74, 6) is -1.38. The van der Waals surface area contributed by atoms with Crippen LogP contribution in [-0.4, -0.2) is 46.5 Å². The molecular formula is C19H19F3N5O+. The van der Waals surface area contributed by atoms with Gasteiger partial charge in [0, 0.05) is 44.0 Å². The molecule has 1 aliphatic rings. The Kier molecular flexibility index (Phi) is 4.66. The predicted molar refractivity (Wildman–Crippen MR) is 96.5 cm³/mol. The van der Waals surface area contributed by atoms with Gasteiger partial charge in [-0.05, 0) is 12.1 Å². The third-order valence-electron chi connectivity index (χ3n) is 4.90. The molecule has 1 N–H and O–H groups in total. The lowest BCUT2D eigenvalue weighted by molar-refractivity contribution is -0.377. The second-order valence-corrected chi connectivity index (χ2v) is 6.63. The second kappa shape index (κ2) is 7.14. The first-order chi connectivity index (χ1) is 13.4. The lowest BCUT2D eigenvalue weighted by Crippen LogP contribution is -2.49. The zero-order valence-electron chi connectivity index (χ0n) is 15.0. The largest absolute Gasteiger partial charge is 0.449 e. The number of alkyl halides is 3. The van der Waals surface area contributed by atoms with E-state index in [0.29, 0.717) is 31.7 Å². The molecule has 3 aromatic rings. The minimum Gasteiger partial charge on any atom is -0.368 e. The monoisotopic (exact) mass is 390 g/mol. The third kappa shape index (κ3) is 3.51. The molecule has 9 heteroatoms. The number of aromatic nitrogens is 3. The first-order valence-corrected chi connectivity index (χ1v) is 8.95. The molecule has 0 bridgehead atoms. The van der Waals surface area contributed by atoms with Crippen LogP contribution in [0, 0.1) is 0 Å². The molecule has 0 radical (unpaired) electrons. The number of imidazole rings is 1. The van der Waals surface area contributed by atoms with Crippen molar-refractivity contribution >= 4 is 22.6 Å². The highest BCUT2D eigenvalue weighted by Crippen LogP contribution is 2.31. The zero-order valence-corrected chi connectivity index (χ0v) is 15.0. The number of pyridine rings is 1. The fourth-order valence-electron chi connectivity index (χ4n) is 3.49. The number of carbonyl (C=O) groups is 1. The Morgan fingerprint density at radius 1 is 1.04 bits per heavy atom. The molecule has 1 aromatic carbocycles. The number of H-pyrrole nitrogens is 1. The molecule has 146 valence electrons. The number of piperazine rings is 1. The number of halogens is 3. The summed E-state index contributed by atoms with van der Waals surface area (Å²) in [4.78, 5) is 23.1. The van der Waals surface area contributed by atoms with E-state index in [2.05, 4.69) is 14.9 Å². The average Bonchev–Trinajstić information content (AvgIpc) is 3.08. The lowest BCUT2D eigenvalue weighted by Gasteiger charge is -2.36. The van der Waals surface area contributed by atoms with Gasteiger partial charge in [-0.1, -0.05) is 12.1 Å². The van der Waals surface area contributed by atoms with Crippen LogP contribution in [-0.2, 0) is 17.5 Å². The topological polar surface area (TPSA) is 55.5 Å². The summed E-state index contributed by atoms with van der Waals surface area (Å²) in [6.45, 7) is 1.81. The molecule has 28 heavy (non-hydrogen) atoms. The predicted octanol–water partition coefficient (Wildman–Crippen LogP) is 2.22. The summed E-state index contributed by atoms with van der Waals surface area (Å²) in [6, 6.07) is 10.2. The highest BCUT2D eigenvalue weighted by atomic mass is 19.4. The number of rotatable bonds is 3. The van der Waals surface area contributed by atoms with Crippen molar-refractivity contribution in [2.75, 3.05) is 31.1 Å². The molecule has 2 aromatic heterocycles. The average molecular weight is 390 g/mol. The Morgan fingerprint density at radius 3 is 2.39 bits per heavy atom. The smallest absolute Gasteiger partial charge is 0.368 e. The standard InChI is InChI=1S/C19H18F3N5O/c20-19(21,22)18-24-15-3-1-2-4-16(15)27(18)13-17(28)26-11-9-25(10-12-26)14-5-7-23-8-6-14/h1-8H,9-13H2/p+1. The summed E-state index contributed by atoms with van der Waals surface area (Å²) in [5, 5.41) is 0. The van der Waals surface area contributed by atoms with Crippen molar-refractivity contribution < 1.29 is 22.9 Å². The van der Waals surface area contributed by atoms with E-state index >= 15 is 0 Å². The number of aromatic amines is 1. The molecule has 1 saturated heterocycles. The molecule has 1 fully saturated rings. The normalized spacial score (nSPS) is 15.2. The maximum Gasteiger partial charge on any atom is 0.449 e. The molecular weight excluding hydrogens is 371 g/mol. The molecule has 6 nitrogen and oxygen atoms in total. The van der Waals surface area contributed by atoms with Crippen LogP contribution in [0.1, 0.15) is 5.82 Å². The number of amides is 1. The SMILES string of the molecule is O=C(Cn1c(C(F)(F)F)nc2ccccc21)N1CCN(c2cc[nH+]cc2)CC1. The lowest BCUT2D eigenvalue weighted by atomic mass is 10.2. The van der Waals surface area contributed by atoms with Crippen LogP contribution in [0.3, 0.4) is 0 Å². The van der Waals surface area contributed by atoms with Crippen LogP contribution in [0.4, 0.5) is 18.9 Å². The van der Waals surface area contributed by atoms with Crippen LogP contribution in [0.2, 0.25) is 0 Å². The van der Waals surface area contributed by atoms with E-state index in [0.717, 1.165) is 10.3 Å². The summed E-state index contributed by atoms with van der Waals surface area (Å²) in [5.41, 5.74) is 1.58. The maximum absolute atomic E-state index is 13.4. The first kappa shape index (κ1) is 18.3. The fourth-order valence-corrected chi connectivity index (χ4v) is 3.49. The van der Waals surface area contributed by atoms with Gasteiger partial charge in [0.1, 0.15) is 6.54 Å². The molecule has 0 aliphatic carbocycles. The highest BCUT2D eigenvalue weighted by molar-refractivity contribution is 5.81. The van der Waals surface area contributed by atoms with Crippen molar-refractivity contribution in [3.63, 3.8) is 0 Å². The van der Waals surface area contributed by atoms with Gasteiger partial charge in [-0.15, -0.1) is 0 Å². The fraction of sp³-hybridized carbons (Fsp3) is 0.316. The van der Waals surface area contributed by atoms with Crippen LogP contribution in [0.15, 0.2) is 48.8 Å². The second-order valence-electron chi connectivity index (χ2n) is 6.63. The van der Waals surface area contributed by atoms with Crippen LogP contribution < -0.4 is 9.88 Å². The number of fused-ring (bicyclic) bond motifs is 1. The molecule has 0 atom stereocenters. The summed E-state index contributed by atoms with van der Waals surface area (Å²) in [6.07, 6.45) is -0.965. The maximum atomic E-state index is 13.4. The van der Waals surface area contributed by atoms with Gasteiger partial charge in [-0.25, -0.2) is 9.97 Å². The number of para-hydroxylation sites is 2. The minimum atomic E-state index is -4.62. The Balaban J connectivity index is 1.50. The van der Waals surface area contributed by atoms with Crippen molar-refractivity contribution in [1.29, 1.82) is 0 Å². The molecule has 3 heterocycles. The van der Waals surface area contributed by atoms with Gasteiger partial charge in [-0.2, -0.15) is 13.2 Å². The minimum absolute atomic E-state index is 0.230. The summed E-state index contributed by atoms with van der Waals surface area (Å²) in [7, 11) is 0. The van der Waals surface area contributed by atoms with Gasteiger partial charge >= 0.3 is 6.18 Å². The summed E-state index contributed by atoms with van der Waals surface area (Å²) < 4.78 is 41.2. The van der Waals surface area contributed by atoms with Gasteiger partial charge in [0.05, 0.1) is 11.0 Å². The first-order valence-electron chi connectivity index (χ1n) is 8.95. The number of nitrogens with zero attached hydrogens (tertiary/aromatic N) is 4. The number of nitrogens with one attached hydrogen (secondary N) is 1. The van der Waals surface area contributed by atoms with E-state index in [4.69, 9.17) is 0 Å². The Labute approximate surface area is 159 Å². The van der Waals surface area contributed by atoms with E-state index in [1.165, 1.54) is 6.07 Å². The number of benzene rings is 1. The molecule has 1 amide bonds. The van der Waals surface area contributed by atoms with Gasteiger partial charge < -0.3 is 14.4 Å². The van der Waals surface area contributed by atoms with Gasteiger partial charge in [0.15, 0.2) is 12.4 Å². The van der Waals surface area contributed by atoms with Gasteiger partial charge in [0.25, 0.3) is 0 Å². The Morgan fingerprint density at radius 2 is 1.71 bits per heavy atom. The van der Waals surface area contributed by atoms with E-state index in [-0.39, 0.29) is 18.0 Å².